The van der Waals surface area contributed by atoms with Crippen molar-refractivity contribution in [2.75, 3.05) is 11.9 Å². The summed E-state index contributed by atoms with van der Waals surface area (Å²) in [5.41, 5.74) is 0.974. The van der Waals surface area contributed by atoms with Crippen molar-refractivity contribution < 1.29 is 8.42 Å². The van der Waals surface area contributed by atoms with E-state index in [0.29, 0.717) is 4.90 Å². The summed E-state index contributed by atoms with van der Waals surface area (Å²) in [5.74, 6) is 0. The molecule has 0 amide bonds. The van der Waals surface area contributed by atoms with E-state index in [2.05, 4.69) is 17.0 Å². The van der Waals surface area contributed by atoms with Crippen LogP contribution in [0.3, 0.4) is 0 Å². The van der Waals surface area contributed by atoms with Crippen LogP contribution >= 0.6 is 0 Å². The molecule has 0 atom stereocenters. The molecule has 0 saturated heterocycles. The van der Waals surface area contributed by atoms with Crippen molar-refractivity contribution >= 4 is 15.7 Å². The Bertz CT molecular complexity index is 493. The second-order valence-electron chi connectivity index (χ2n) is 5.05. The first-order valence-corrected chi connectivity index (χ1v) is 8.46. The lowest BCUT2D eigenvalue weighted by atomic mass is 10.2. The summed E-state index contributed by atoms with van der Waals surface area (Å²) < 4.78 is 26.6. The van der Waals surface area contributed by atoms with Gasteiger partial charge in [0.2, 0.25) is 10.0 Å². The minimum absolute atomic E-state index is 0.150. The highest BCUT2D eigenvalue weighted by molar-refractivity contribution is 7.89. The van der Waals surface area contributed by atoms with Crippen LogP contribution in [0.1, 0.15) is 39.0 Å². The van der Waals surface area contributed by atoms with E-state index in [1.54, 1.807) is 12.1 Å². The molecule has 1 aliphatic carbocycles. The average molecular weight is 282 g/mol. The summed E-state index contributed by atoms with van der Waals surface area (Å²) in [6.45, 7) is 3.10. The van der Waals surface area contributed by atoms with Crippen molar-refractivity contribution in [1.29, 1.82) is 0 Å². The van der Waals surface area contributed by atoms with Crippen LogP contribution in [0.15, 0.2) is 29.2 Å². The molecule has 1 aliphatic rings. The van der Waals surface area contributed by atoms with Gasteiger partial charge in [0.05, 0.1) is 4.90 Å². The fraction of sp³-hybridized carbons (Fsp3) is 0.571. The zero-order valence-electron chi connectivity index (χ0n) is 11.4. The minimum Gasteiger partial charge on any atom is -0.385 e. The fourth-order valence-corrected chi connectivity index (χ4v) is 3.15. The summed E-state index contributed by atoms with van der Waals surface area (Å²) in [6, 6.07) is 7.12. The molecule has 1 aromatic rings. The Hall–Kier alpha value is -1.07. The molecule has 1 fully saturated rings. The summed E-state index contributed by atoms with van der Waals surface area (Å²) in [4.78, 5) is 0.346. The summed E-state index contributed by atoms with van der Waals surface area (Å²) in [5, 5.41) is 3.30. The van der Waals surface area contributed by atoms with Crippen LogP contribution in [0.2, 0.25) is 0 Å². The predicted molar refractivity (Wildman–Crippen MR) is 77.8 cm³/mol. The third-order valence-corrected chi connectivity index (χ3v) is 4.71. The monoisotopic (exact) mass is 282 g/mol. The van der Waals surface area contributed by atoms with Gasteiger partial charge in [-0.2, -0.15) is 0 Å². The lowest BCUT2D eigenvalue weighted by Gasteiger charge is -2.08. The molecule has 1 saturated carbocycles. The Morgan fingerprint density at radius 3 is 2.42 bits per heavy atom. The topological polar surface area (TPSA) is 58.2 Å². The third-order valence-electron chi connectivity index (χ3n) is 3.17. The summed E-state index contributed by atoms with van der Waals surface area (Å²) in [7, 11) is -3.32. The fourth-order valence-electron chi connectivity index (χ4n) is 1.85. The van der Waals surface area contributed by atoms with Crippen molar-refractivity contribution in [3.63, 3.8) is 0 Å². The molecule has 0 aromatic heterocycles. The van der Waals surface area contributed by atoms with Crippen LogP contribution in [-0.4, -0.2) is 21.0 Å². The molecule has 0 spiro atoms. The molecule has 0 heterocycles. The van der Waals surface area contributed by atoms with E-state index in [-0.39, 0.29) is 6.04 Å². The van der Waals surface area contributed by atoms with E-state index in [9.17, 15) is 8.42 Å². The highest BCUT2D eigenvalue weighted by Gasteiger charge is 2.27. The van der Waals surface area contributed by atoms with Crippen molar-refractivity contribution in [3.8, 4) is 0 Å². The van der Waals surface area contributed by atoms with Crippen LogP contribution in [0, 0.1) is 0 Å². The highest BCUT2D eigenvalue weighted by atomic mass is 32.2. The molecule has 0 radical (unpaired) electrons. The Labute approximate surface area is 115 Å². The molecule has 0 bridgehead atoms. The molecule has 0 aliphatic heterocycles. The molecule has 19 heavy (non-hydrogen) atoms. The normalized spacial score (nSPS) is 15.4. The van der Waals surface area contributed by atoms with Gasteiger partial charge < -0.3 is 5.32 Å². The van der Waals surface area contributed by atoms with Crippen LogP contribution < -0.4 is 10.0 Å². The van der Waals surface area contributed by atoms with Gasteiger partial charge in [-0.1, -0.05) is 19.8 Å². The number of benzene rings is 1. The molecule has 5 heteroatoms. The first-order valence-electron chi connectivity index (χ1n) is 6.98. The standard InChI is InChI=1S/C14H22N2O2S/c1-2-3-4-11-15-12-7-9-14(10-8-12)19(17,18)16-13-5-6-13/h7-10,13,15-16H,2-6,11H2,1H3. The number of nitrogens with one attached hydrogen (secondary N) is 2. The molecule has 0 unspecified atom stereocenters. The second-order valence-corrected chi connectivity index (χ2v) is 6.77. The quantitative estimate of drug-likeness (QED) is 0.721. The molecular formula is C14H22N2O2S. The van der Waals surface area contributed by atoms with Gasteiger partial charge in [0.15, 0.2) is 0 Å². The van der Waals surface area contributed by atoms with E-state index in [1.807, 2.05) is 12.1 Å². The van der Waals surface area contributed by atoms with Crippen molar-refractivity contribution in [2.24, 2.45) is 0 Å². The number of hydrogen-bond donors (Lipinski definition) is 2. The molecular weight excluding hydrogens is 260 g/mol. The van der Waals surface area contributed by atoms with Gasteiger partial charge in [0, 0.05) is 18.3 Å². The van der Waals surface area contributed by atoms with E-state index in [4.69, 9.17) is 0 Å². The zero-order valence-corrected chi connectivity index (χ0v) is 12.2. The molecule has 2 N–H and O–H groups in total. The van der Waals surface area contributed by atoms with Gasteiger partial charge in [-0.3, -0.25) is 0 Å². The summed E-state index contributed by atoms with van der Waals surface area (Å²) in [6.07, 6.45) is 5.46. The molecule has 4 nitrogen and oxygen atoms in total. The number of hydrogen-bond acceptors (Lipinski definition) is 3. The van der Waals surface area contributed by atoms with Crippen molar-refractivity contribution in [1.82, 2.24) is 4.72 Å². The van der Waals surface area contributed by atoms with Gasteiger partial charge in [0.25, 0.3) is 0 Å². The lowest BCUT2D eigenvalue weighted by Crippen LogP contribution is -2.25. The van der Waals surface area contributed by atoms with E-state index >= 15 is 0 Å². The Balaban J connectivity index is 1.90. The highest BCUT2D eigenvalue weighted by Crippen LogP contribution is 2.22. The van der Waals surface area contributed by atoms with Gasteiger partial charge in [-0.25, -0.2) is 13.1 Å². The Morgan fingerprint density at radius 2 is 1.84 bits per heavy atom. The molecule has 1 aromatic carbocycles. The predicted octanol–water partition coefficient (Wildman–Crippen LogP) is 2.73. The molecule has 106 valence electrons. The van der Waals surface area contributed by atoms with Crippen LogP contribution in [-0.2, 0) is 10.0 Å². The SMILES string of the molecule is CCCCCNc1ccc(S(=O)(=O)NC2CC2)cc1. The third kappa shape index (κ3) is 4.51. The number of rotatable bonds is 8. The lowest BCUT2D eigenvalue weighted by molar-refractivity contribution is 0.581. The summed E-state index contributed by atoms with van der Waals surface area (Å²) >= 11 is 0. The minimum atomic E-state index is -3.32. The van der Waals surface area contributed by atoms with E-state index in [1.165, 1.54) is 12.8 Å². The van der Waals surface area contributed by atoms with Crippen LogP contribution in [0.25, 0.3) is 0 Å². The van der Waals surface area contributed by atoms with E-state index < -0.39 is 10.0 Å². The van der Waals surface area contributed by atoms with Gasteiger partial charge in [0.1, 0.15) is 0 Å². The maximum Gasteiger partial charge on any atom is 0.240 e. The van der Waals surface area contributed by atoms with Gasteiger partial charge in [-0.05, 0) is 43.5 Å². The Kier molecular flexibility index (Phi) is 4.82. The van der Waals surface area contributed by atoms with Gasteiger partial charge >= 0.3 is 0 Å². The maximum absolute atomic E-state index is 12.0. The largest absolute Gasteiger partial charge is 0.385 e. The van der Waals surface area contributed by atoms with E-state index in [0.717, 1.165) is 31.5 Å². The second kappa shape index (κ2) is 6.39. The first-order chi connectivity index (χ1) is 9.12. The number of sulfonamides is 1. The van der Waals surface area contributed by atoms with Crippen molar-refractivity contribution in [3.05, 3.63) is 24.3 Å². The van der Waals surface area contributed by atoms with Crippen LogP contribution in [0.4, 0.5) is 5.69 Å². The average Bonchev–Trinajstić information content (AvgIpc) is 3.18. The molecule has 2 rings (SSSR count). The number of anilines is 1. The number of unbranched alkanes of at least 4 members (excludes halogenated alkanes) is 2. The van der Waals surface area contributed by atoms with Gasteiger partial charge in [-0.15, -0.1) is 0 Å². The maximum atomic E-state index is 12.0. The Morgan fingerprint density at radius 1 is 1.16 bits per heavy atom. The van der Waals surface area contributed by atoms with Crippen molar-refractivity contribution in [2.45, 2.75) is 50.0 Å². The first kappa shape index (κ1) is 14.3. The zero-order chi connectivity index (χ0) is 13.7. The smallest absolute Gasteiger partial charge is 0.240 e. The van der Waals surface area contributed by atoms with Crippen LogP contribution in [0.5, 0.6) is 0 Å².